The molecule has 1 amide bonds. The molecule has 1 aliphatic rings. The van der Waals surface area contributed by atoms with Gasteiger partial charge in [-0.15, -0.1) is 0 Å². The highest BCUT2D eigenvalue weighted by Gasteiger charge is 2.25. The van der Waals surface area contributed by atoms with Gasteiger partial charge in [0.2, 0.25) is 5.91 Å². The summed E-state index contributed by atoms with van der Waals surface area (Å²) in [6, 6.07) is 2.01. The number of nitrogens with one attached hydrogen (secondary N) is 1. The van der Waals surface area contributed by atoms with E-state index in [0.717, 1.165) is 35.2 Å². The molecule has 1 N–H and O–H groups in total. The van der Waals surface area contributed by atoms with Crippen molar-refractivity contribution in [2.24, 2.45) is 0 Å². The number of imidazole rings is 1. The molecule has 21 heavy (non-hydrogen) atoms. The summed E-state index contributed by atoms with van der Waals surface area (Å²) in [5.41, 5.74) is 2.75. The molecule has 4 heterocycles. The lowest BCUT2D eigenvalue weighted by Gasteiger charge is -2.21. The number of aromatic nitrogens is 4. The van der Waals surface area contributed by atoms with Crippen molar-refractivity contribution in [3.63, 3.8) is 0 Å². The molecule has 0 spiro atoms. The van der Waals surface area contributed by atoms with Crippen molar-refractivity contribution < 1.29 is 4.79 Å². The second-order valence-electron chi connectivity index (χ2n) is 5.20. The zero-order chi connectivity index (χ0) is 14.4. The second kappa shape index (κ2) is 4.47. The molecule has 3 aromatic rings. The number of nitrogens with zero attached hydrogens (tertiary/aromatic N) is 5. The minimum absolute atomic E-state index is 0.190. The summed E-state index contributed by atoms with van der Waals surface area (Å²) in [7, 11) is 0. The summed E-state index contributed by atoms with van der Waals surface area (Å²) in [6.45, 7) is 4.07. The first-order chi connectivity index (χ1) is 10.3. The predicted octanol–water partition coefficient (Wildman–Crippen LogP) is 1.06. The maximum atomic E-state index is 11.8. The Balaban J connectivity index is 1.77. The molecule has 1 aliphatic heterocycles. The van der Waals surface area contributed by atoms with Crippen molar-refractivity contribution >= 4 is 28.0 Å². The van der Waals surface area contributed by atoms with Gasteiger partial charge in [0.05, 0.1) is 12.7 Å². The quantitative estimate of drug-likeness (QED) is 0.764. The van der Waals surface area contributed by atoms with E-state index in [-0.39, 0.29) is 5.91 Å². The van der Waals surface area contributed by atoms with Crippen molar-refractivity contribution in [3.8, 4) is 0 Å². The number of fused-ring (bicyclic) bond motifs is 3. The molecule has 4 rings (SSSR count). The maximum absolute atomic E-state index is 11.8. The largest absolute Gasteiger partial charge is 0.346 e. The van der Waals surface area contributed by atoms with Gasteiger partial charge in [-0.3, -0.25) is 9.80 Å². The van der Waals surface area contributed by atoms with E-state index in [1.165, 1.54) is 0 Å². The smallest absolute Gasteiger partial charge is 0.223 e. The van der Waals surface area contributed by atoms with E-state index in [2.05, 4.69) is 20.0 Å². The van der Waals surface area contributed by atoms with E-state index >= 15 is 0 Å². The molecule has 0 atom stereocenters. The summed E-state index contributed by atoms with van der Waals surface area (Å²) in [6.07, 6.45) is 6.00. The Kier molecular flexibility index (Phi) is 2.60. The molecule has 1 fully saturated rings. The molecular formula is C14H16N6O. The zero-order valence-corrected chi connectivity index (χ0v) is 11.8. The van der Waals surface area contributed by atoms with Crippen molar-refractivity contribution in [1.29, 1.82) is 0 Å². The van der Waals surface area contributed by atoms with Gasteiger partial charge in [-0.1, -0.05) is 6.92 Å². The number of carbonyl (C=O) groups is 1. The summed E-state index contributed by atoms with van der Waals surface area (Å²) >= 11 is 0. The molecule has 0 radical (unpaired) electrons. The first kappa shape index (κ1) is 12.2. The summed E-state index contributed by atoms with van der Waals surface area (Å²) in [4.78, 5) is 25.6. The Morgan fingerprint density at radius 2 is 2.29 bits per heavy atom. The lowest BCUT2D eigenvalue weighted by Crippen LogP contribution is -2.35. The van der Waals surface area contributed by atoms with Gasteiger partial charge in [0, 0.05) is 24.5 Å². The third-order valence-corrected chi connectivity index (χ3v) is 4.00. The van der Waals surface area contributed by atoms with Gasteiger partial charge in [0.1, 0.15) is 29.7 Å². The highest BCUT2D eigenvalue weighted by Crippen LogP contribution is 2.23. The summed E-state index contributed by atoms with van der Waals surface area (Å²) in [5, 5.41) is 3.18. The number of hydrogen-bond donors (Lipinski definition) is 1. The van der Waals surface area contributed by atoms with Gasteiger partial charge < -0.3 is 9.88 Å². The molecule has 0 aliphatic carbocycles. The maximum Gasteiger partial charge on any atom is 0.223 e. The Bertz CT molecular complexity index is 819. The topological polar surface area (TPSA) is 70.1 Å². The fourth-order valence-corrected chi connectivity index (χ4v) is 2.89. The van der Waals surface area contributed by atoms with Crippen molar-refractivity contribution in [2.75, 3.05) is 24.8 Å². The first-order valence-electron chi connectivity index (χ1n) is 7.10. The van der Waals surface area contributed by atoms with Crippen LogP contribution in [0.3, 0.4) is 0 Å². The van der Waals surface area contributed by atoms with Gasteiger partial charge in [-0.2, -0.15) is 0 Å². The molecule has 0 saturated carbocycles. The monoisotopic (exact) mass is 284 g/mol. The van der Waals surface area contributed by atoms with Crippen LogP contribution >= 0.6 is 0 Å². The molecule has 3 aromatic heterocycles. The van der Waals surface area contributed by atoms with Crippen molar-refractivity contribution in [3.05, 3.63) is 24.8 Å². The van der Waals surface area contributed by atoms with Gasteiger partial charge in [-0.25, -0.2) is 14.6 Å². The minimum atomic E-state index is 0.190. The second-order valence-corrected chi connectivity index (χ2v) is 5.20. The molecule has 7 nitrogen and oxygen atoms in total. The van der Waals surface area contributed by atoms with Crippen LogP contribution in [-0.2, 0) is 4.79 Å². The first-order valence-corrected chi connectivity index (χ1v) is 7.10. The molecular weight excluding hydrogens is 268 g/mol. The van der Waals surface area contributed by atoms with Crippen LogP contribution in [0.2, 0.25) is 0 Å². The standard InChI is InChI=1S/C14H16N6O/c1-2-12(21)18-5-6-19(9-18)20-8-17-11-7-16-14-10(13(11)20)3-4-15-14/h3-4,7-8H,2,5-6,9H2,1H3,(H,15,16). The lowest BCUT2D eigenvalue weighted by molar-refractivity contribution is -0.129. The van der Waals surface area contributed by atoms with Gasteiger partial charge >= 0.3 is 0 Å². The number of pyridine rings is 1. The fraction of sp³-hybridized carbons (Fsp3) is 0.357. The fourth-order valence-electron chi connectivity index (χ4n) is 2.89. The van der Waals surface area contributed by atoms with Crippen LogP contribution in [0.15, 0.2) is 24.8 Å². The summed E-state index contributed by atoms with van der Waals surface area (Å²) in [5.74, 6) is 0.190. The molecule has 0 bridgehead atoms. The van der Waals surface area contributed by atoms with Crippen molar-refractivity contribution in [1.82, 2.24) is 24.5 Å². The zero-order valence-electron chi connectivity index (χ0n) is 11.8. The van der Waals surface area contributed by atoms with E-state index in [9.17, 15) is 4.79 Å². The highest BCUT2D eigenvalue weighted by molar-refractivity contribution is 6.01. The number of aromatic amines is 1. The number of H-pyrrole nitrogens is 1. The number of hydrogen-bond acceptors (Lipinski definition) is 4. The van der Waals surface area contributed by atoms with Crippen LogP contribution in [0.1, 0.15) is 13.3 Å². The lowest BCUT2D eigenvalue weighted by atomic mass is 10.3. The van der Waals surface area contributed by atoms with Crippen LogP contribution in [0.5, 0.6) is 0 Å². The molecule has 0 aromatic carbocycles. The Labute approximate surface area is 121 Å². The van der Waals surface area contributed by atoms with Gasteiger partial charge in [0.25, 0.3) is 0 Å². The van der Waals surface area contributed by atoms with E-state index in [1.807, 2.05) is 28.8 Å². The number of rotatable bonds is 2. The van der Waals surface area contributed by atoms with E-state index in [1.54, 1.807) is 12.5 Å². The third kappa shape index (κ3) is 1.77. The van der Waals surface area contributed by atoms with E-state index < -0.39 is 0 Å². The SMILES string of the molecule is CCC(=O)N1CCN(n2cnc3cnc4[nH]ccc4c32)C1. The van der Waals surface area contributed by atoms with Crippen molar-refractivity contribution in [2.45, 2.75) is 13.3 Å². The highest BCUT2D eigenvalue weighted by atomic mass is 16.2. The number of carbonyl (C=O) groups excluding carboxylic acids is 1. The van der Waals surface area contributed by atoms with Crippen LogP contribution in [0.25, 0.3) is 22.1 Å². The van der Waals surface area contributed by atoms with Crippen LogP contribution in [0, 0.1) is 0 Å². The van der Waals surface area contributed by atoms with Crippen LogP contribution in [0.4, 0.5) is 0 Å². The van der Waals surface area contributed by atoms with Gasteiger partial charge in [0.15, 0.2) is 0 Å². The average molecular weight is 284 g/mol. The molecule has 108 valence electrons. The number of amides is 1. The molecule has 7 heteroatoms. The van der Waals surface area contributed by atoms with Crippen LogP contribution in [-0.4, -0.2) is 50.2 Å². The van der Waals surface area contributed by atoms with Crippen LogP contribution < -0.4 is 5.01 Å². The van der Waals surface area contributed by atoms with E-state index in [0.29, 0.717) is 13.1 Å². The minimum Gasteiger partial charge on any atom is -0.346 e. The summed E-state index contributed by atoms with van der Waals surface area (Å²) < 4.78 is 2.04. The third-order valence-electron chi connectivity index (χ3n) is 4.00. The van der Waals surface area contributed by atoms with Gasteiger partial charge in [-0.05, 0) is 6.07 Å². The Hall–Kier alpha value is -2.57. The van der Waals surface area contributed by atoms with E-state index in [4.69, 9.17) is 0 Å². The normalized spacial score (nSPS) is 15.5. The predicted molar refractivity (Wildman–Crippen MR) is 79.3 cm³/mol. The Morgan fingerprint density at radius 1 is 1.38 bits per heavy atom. The molecule has 0 unspecified atom stereocenters. The molecule has 1 saturated heterocycles. The average Bonchev–Trinajstić information content (AvgIpc) is 3.22. The Morgan fingerprint density at radius 3 is 3.14 bits per heavy atom.